The highest BCUT2D eigenvalue weighted by Crippen LogP contribution is 2.34. The van der Waals surface area contributed by atoms with E-state index in [4.69, 9.17) is 16.3 Å². The van der Waals surface area contributed by atoms with Crippen LogP contribution >= 0.6 is 11.6 Å². The summed E-state index contributed by atoms with van der Waals surface area (Å²) in [5, 5.41) is 3.73. The highest BCUT2D eigenvalue weighted by Gasteiger charge is 2.23. The first-order valence-electron chi connectivity index (χ1n) is 8.17. The maximum absolute atomic E-state index is 12.6. The van der Waals surface area contributed by atoms with Crippen LogP contribution in [0.15, 0.2) is 67.0 Å². The summed E-state index contributed by atoms with van der Waals surface area (Å²) in [4.78, 5) is 12.6. The molecule has 1 unspecified atom stereocenters. The topological polar surface area (TPSA) is 43.3 Å². The first-order chi connectivity index (χ1) is 12.2. The van der Waals surface area contributed by atoms with Gasteiger partial charge in [-0.25, -0.2) is 0 Å². The quantitative estimate of drug-likeness (QED) is 0.760. The predicted molar refractivity (Wildman–Crippen MR) is 97.5 cm³/mol. The number of nitrogens with zero attached hydrogens (tertiary/aromatic N) is 1. The van der Waals surface area contributed by atoms with Gasteiger partial charge in [0.15, 0.2) is 0 Å². The summed E-state index contributed by atoms with van der Waals surface area (Å²) in [6.45, 7) is 0.576. The van der Waals surface area contributed by atoms with Gasteiger partial charge in [0.2, 0.25) is 0 Å². The van der Waals surface area contributed by atoms with E-state index in [-0.39, 0.29) is 11.9 Å². The Morgan fingerprint density at radius 1 is 1.12 bits per heavy atom. The SMILES string of the molecule is O=C(NC1CCOc2ccc(Cl)cc21)c1ccc(-n2cccc2)cc1. The summed E-state index contributed by atoms with van der Waals surface area (Å²) < 4.78 is 7.64. The van der Waals surface area contributed by atoms with Gasteiger partial charge in [-0.1, -0.05) is 11.6 Å². The second kappa shape index (κ2) is 6.65. The number of ether oxygens (including phenoxy) is 1. The number of fused-ring (bicyclic) bond motifs is 1. The van der Waals surface area contributed by atoms with Crippen LogP contribution in [0.25, 0.3) is 5.69 Å². The lowest BCUT2D eigenvalue weighted by Gasteiger charge is -2.27. The fraction of sp³-hybridized carbons (Fsp3) is 0.150. The van der Waals surface area contributed by atoms with Crippen LogP contribution in [0, 0.1) is 0 Å². The number of aromatic nitrogens is 1. The number of amides is 1. The minimum atomic E-state index is -0.100. The molecule has 1 aliphatic heterocycles. The molecule has 0 fully saturated rings. The number of rotatable bonds is 3. The number of carbonyl (C=O) groups is 1. The van der Waals surface area contributed by atoms with Gasteiger partial charge in [0.1, 0.15) is 5.75 Å². The summed E-state index contributed by atoms with van der Waals surface area (Å²) in [6.07, 6.45) is 4.66. The lowest BCUT2D eigenvalue weighted by atomic mass is 10.00. The van der Waals surface area contributed by atoms with Gasteiger partial charge in [0.25, 0.3) is 5.91 Å². The average molecular weight is 353 g/mol. The maximum atomic E-state index is 12.6. The van der Waals surface area contributed by atoms with Crippen molar-refractivity contribution in [1.82, 2.24) is 9.88 Å². The van der Waals surface area contributed by atoms with Gasteiger partial charge in [-0.2, -0.15) is 0 Å². The largest absolute Gasteiger partial charge is 0.493 e. The van der Waals surface area contributed by atoms with Crippen LogP contribution in [0.1, 0.15) is 28.4 Å². The first-order valence-corrected chi connectivity index (χ1v) is 8.55. The molecule has 1 N–H and O–H groups in total. The van der Waals surface area contributed by atoms with Gasteiger partial charge in [-0.15, -0.1) is 0 Å². The number of hydrogen-bond donors (Lipinski definition) is 1. The van der Waals surface area contributed by atoms with E-state index in [1.165, 1.54) is 0 Å². The molecule has 126 valence electrons. The molecular formula is C20H17ClN2O2. The van der Waals surface area contributed by atoms with Crippen molar-refractivity contribution in [3.63, 3.8) is 0 Å². The maximum Gasteiger partial charge on any atom is 0.251 e. The van der Waals surface area contributed by atoms with E-state index in [0.717, 1.165) is 23.4 Å². The van der Waals surface area contributed by atoms with Crippen LogP contribution in [0.3, 0.4) is 0 Å². The molecular weight excluding hydrogens is 336 g/mol. The summed E-state index contributed by atoms with van der Waals surface area (Å²) in [7, 11) is 0. The molecule has 0 radical (unpaired) electrons. The van der Waals surface area contributed by atoms with Crippen molar-refractivity contribution in [3.05, 3.63) is 83.1 Å². The zero-order valence-corrected chi connectivity index (χ0v) is 14.2. The van der Waals surface area contributed by atoms with Crippen molar-refractivity contribution in [1.29, 1.82) is 0 Å². The van der Waals surface area contributed by atoms with Crippen molar-refractivity contribution >= 4 is 17.5 Å². The number of nitrogens with one attached hydrogen (secondary N) is 1. The Morgan fingerprint density at radius 3 is 2.64 bits per heavy atom. The lowest BCUT2D eigenvalue weighted by molar-refractivity contribution is 0.0925. The standard InChI is InChI=1S/C20H17ClN2O2/c21-15-5-8-19-17(13-15)18(9-12-25-19)22-20(24)14-3-6-16(7-4-14)23-10-1-2-11-23/h1-8,10-11,13,18H,9,12H2,(H,22,24). The fourth-order valence-corrected chi connectivity index (χ4v) is 3.23. The second-order valence-corrected chi connectivity index (χ2v) is 6.42. The Bertz CT molecular complexity index is 889. The Kier molecular flexibility index (Phi) is 4.20. The normalized spacial score (nSPS) is 16.0. The summed E-state index contributed by atoms with van der Waals surface area (Å²) in [5.74, 6) is 0.681. The zero-order chi connectivity index (χ0) is 17.2. The van der Waals surface area contributed by atoms with Crippen molar-refractivity contribution < 1.29 is 9.53 Å². The Hall–Kier alpha value is -2.72. The molecule has 0 aliphatic carbocycles. The fourth-order valence-electron chi connectivity index (χ4n) is 3.05. The zero-order valence-electron chi connectivity index (χ0n) is 13.5. The van der Waals surface area contributed by atoms with Crippen LogP contribution < -0.4 is 10.1 Å². The second-order valence-electron chi connectivity index (χ2n) is 5.98. The Balaban J connectivity index is 1.52. The molecule has 4 nitrogen and oxygen atoms in total. The molecule has 5 heteroatoms. The first kappa shape index (κ1) is 15.8. The summed E-state index contributed by atoms with van der Waals surface area (Å²) in [5.41, 5.74) is 2.58. The Labute approximate surface area is 151 Å². The molecule has 0 saturated heterocycles. The van der Waals surface area contributed by atoms with Crippen LogP contribution in [-0.4, -0.2) is 17.1 Å². The monoisotopic (exact) mass is 352 g/mol. The Morgan fingerprint density at radius 2 is 1.88 bits per heavy atom. The third-order valence-corrected chi connectivity index (χ3v) is 4.58. The number of hydrogen-bond acceptors (Lipinski definition) is 2. The van der Waals surface area contributed by atoms with E-state index in [9.17, 15) is 4.79 Å². The number of halogens is 1. The van der Waals surface area contributed by atoms with Crippen LogP contribution in [0.5, 0.6) is 5.75 Å². The molecule has 0 saturated carbocycles. The average Bonchev–Trinajstić information content (AvgIpc) is 3.17. The lowest BCUT2D eigenvalue weighted by Crippen LogP contribution is -2.32. The molecule has 1 amide bonds. The van der Waals surface area contributed by atoms with Gasteiger partial charge in [0.05, 0.1) is 12.6 Å². The van der Waals surface area contributed by atoms with Crippen LogP contribution in [0.2, 0.25) is 5.02 Å². The minimum Gasteiger partial charge on any atom is -0.493 e. The molecule has 0 bridgehead atoms. The molecule has 1 aromatic heterocycles. The van der Waals surface area contributed by atoms with E-state index in [1.54, 1.807) is 6.07 Å². The molecule has 25 heavy (non-hydrogen) atoms. The van der Waals surface area contributed by atoms with Gasteiger partial charge < -0.3 is 14.6 Å². The van der Waals surface area contributed by atoms with Crippen LogP contribution in [-0.2, 0) is 0 Å². The summed E-state index contributed by atoms with van der Waals surface area (Å²) >= 11 is 6.09. The number of carbonyl (C=O) groups excluding carboxylic acids is 1. The van der Waals surface area contributed by atoms with Gasteiger partial charge in [0, 0.05) is 40.7 Å². The summed E-state index contributed by atoms with van der Waals surface area (Å²) in [6, 6.07) is 16.9. The molecule has 1 aliphatic rings. The van der Waals surface area contributed by atoms with Gasteiger partial charge >= 0.3 is 0 Å². The van der Waals surface area contributed by atoms with Crippen LogP contribution in [0.4, 0.5) is 0 Å². The molecule has 2 aromatic carbocycles. The highest BCUT2D eigenvalue weighted by atomic mass is 35.5. The molecule has 4 rings (SSSR count). The van der Waals surface area contributed by atoms with E-state index in [0.29, 0.717) is 17.2 Å². The molecule has 1 atom stereocenters. The van der Waals surface area contributed by atoms with E-state index in [1.807, 2.05) is 65.5 Å². The van der Waals surface area contributed by atoms with Crippen molar-refractivity contribution in [2.75, 3.05) is 6.61 Å². The van der Waals surface area contributed by atoms with E-state index < -0.39 is 0 Å². The predicted octanol–water partition coefficient (Wildman–Crippen LogP) is 4.38. The molecule has 0 spiro atoms. The van der Waals surface area contributed by atoms with Gasteiger partial charge in [-0.3, -0.25) is 4.79 Å². The molecule has 2 heterocycles. The van der Waals surface area contributed by atoms with E-state index in [2.05, 4.69) is 5.32 Å². The highest BCUT2D eigenvalue weighted by molar-refractivity contribution is 6.30. The van der Waals surface area contributed by atoms with E-state index >= 15 is 0 Å². The number of benzene rings is 2. The van der Waals surface area contributed by atoms with Crippen molar-refractivity contribution in [3.8, 4) is 11.4 Å². The smallest absolute Gasteiger partial charge is 0.251 e. The van der Waals surface area contributed by atoms with Crippen molar-refractivity contribution in [2.24, 2.45) is 0 Å². The third-order valence-electron chi connectivity index (χ3n) is 4.35. The third kappa shape index (κ3) is 3.26. The van der Waals surface area contributed by atoms with Gasteiger partial charge in [-0.05, 0) is 54.6 Å². The molecule has 3 aromatic rings. The van der Waals surface area contributed by atoms with Crippen molar-refractivity contribution in [2.45, 2.75) is 12.5 Å². The minimum absolute atomic E-state index is 0.0981.